The predicted molar refractivity (Wildman–Crippen MR) is 119 cm³/mol. The molecule has 0 radical (unpaired) electrons. The zero-order valence-corrected chi connectivity index (χ0v) is 18.0. The molecule has 1 unspecified atom stereocenters. The second kappa shape index (κ2) is 9.59. The number of aryl methyl sites for hydroxylation is 2. The van der Waals surface area contributed by atoms with Crippen molar-refractivity contribution in [2.24, 2.45) is 5.92 Å². The minimum atomic E-state index is -0.779. The maximum Gasteiger partial charge on any atom is 0.338 e. The fourth-order valence-electron chi connectivity index (χ4n) is 3.87. The molecule has 2 aromatic carbocycles. The molecule has 3 rings (SSSR count). The number of nitro groups is 1. The van der Waals surface area contributed by atoms with E-state index >= 15 is 0 Å². The summed E-state index contributed by atoms with van der Waals surface area (Å²) in [6, 6.07) is 9.95. The van der Waals surface area contributed by atoms with Crippen LogP contribution < -0.4 is 10.2 Å². The summed E-state index contributed by atoms with van der Waals surface area (Å²) in [7, 11) is 0. The lowest BCUT2D eigenvalue weighted by Gasteiger charge is -2.32. The molecule has 1 heterocycles. The Morgan fingerprint density at radius 3 is 2.58 bits per heavy atom. The Morgan fingerprint density at radius 1 is 1.23 bits per heavy atom. The van der Waals surface area contributed by atoms with Crippen molar-refractivity contribution in [2.75, 3.05) is 29.9 Å². The molecule has 1 aliphatic heterocycles. The molecular formula is C23H27N3O5. The second-order valence-corrected chi connectivity index (χ2v) is 8.05. The Bertz CT molecular complexity index is 984. The number of carbonyl (C=O) groups is 2. The lowest BCUT2D eigenvalue weighted by atomic mass is 9.99. The summed E-state index contributed by atoms with van der Waals surface area (Å²) in [5, 5.41) is 14.4. The van der Waals surface area contributed by atoms with Gasteiger partial charge in [-0.15, -0.1) is 0 Å². The van der Waals surface area contributed by atoms with Crippen molar-refractivity contribution >= 4 is 28.9 Å². The number of esters is 1. The van der Waals surface area contributed by atoms with E-state index in [0.29, 0.717) is 17.3 Å². The molecule has 0 spiro atoms. The van der Waals surface area contributed by atoms with Crippen LogP contribution in [0.25, 0.3) is 0 Å². The first-order valence-electron chi connectivity index (χ1n) is 10.3. The van der Waals surface area contributed by atoms with E-state index in [1.54, 1.807) is 6.07 Å². The zero-order valence-electron chi connectivity index (χ0n) is 18.0. The number of carbonyl (C=O) groups excluding carboxylic acids is 2. The van der Waals surface area contributed by atoms with E-state index in [1.165, 1.54) is 12.1 Å². The van der Waals surface area contributed by atoms with E-state index < -0.39 is 23.4 Å². The third-order valence-corrected chi connectivity index (χ3v) is 5.49. The number of hydrogen-bond donors (Lipinski definition) is 1. The third-order valence-electron chi connectivity index (χ3n) is 5.49. The average Bonchev–Trinajstić information content (AvgIpc) is 2.74. The molecule has 164 valence electrons. The Morgan fingerprint density at radius 2 is 1.94 bits per heavy atom. The minimum absolute atomic E-state index is 0.0420. The van der Waals surface area contributed by atoms with Crippen LogP contribution in [0.1, 0.15) is 41.3 Å². The van der Waals surface area contributed by atoms with E-state index in [2.05, 4.69) is 12.2 Å². The van der Waals surface area contributed by atoms with Gasteiger partial charge in [0.25, 0.3) is 11.6 Å². The van der Waals surface area contributed by atoms with E-state index in [4.69, 9.17) is 4.74 Å². The van der Waals surface area contributed by atoms with Gasteiger partial charge >= 0.3 is 5.97 Å². The quantitative estimate of drug-likeness (QED) is 0.422. The Labute approximate surface area is 181 Å². The molecule has 1 fully saturated rings. The number of nitrogens with zero attached hydrogens (tertiary/aromatic N) is 2. The number of benzene rings is 2. The fraction of sp³-hybridized carbons (Fsp3) is 0.391. The van der Waals surface area contributed by atoms with Gasteiger partial charge in [-0.1, -0.05) is 25.1 Å². The molecule has 1 aliphatic rings. The second-order valence-electron chi connectivity index (χ2n) is 8.05. The molecule has 2 aromatic rings. The average molecular weight is 425 g/mol. The number of nitro benzene ring substituents is 1. The number of nitrogens with one attached hydrogen (secondary N) is 1. The molecule has 0 saturated carbocycles. The molecule has 0 bridgehead atoms. The number of piperidine rings is 1. The molecule has 1 atom stereocenters. The first-order valence-corrected chi connectivity index (χ1v) is 10.3. The van der Waals surface area contributed by atoms with Gasteiger partial charge in [0.05, 0.1) is 10.5 Å². The van der Waals surface area contributed by atoms with Crippen LogP contribution in [0.4, 0.5) is 17.1 Å². The molecular weight excluding hydrogens is 398 g/mol. The number of hydrogen-bond acceptors (Lipinski definition) is 6. The van der Waals surface area contributed by atoms with Crippen LogP contribution in [0.5, 0.6) is 0 Å². The number of anilines is 2. The number of ether oxygens (including phenoxy) is 1. The lowest BCUT2D eigenvalue weighted by molar-refractivity contribution is -0.384. The van der Waals surface area contributed by atoms with Gasteiger partial charge in [0.15, 0.2) is 6.61 Å². The molecule has 0 aromatic heterocycles. The standard InChI is InChI=1S/C23H27N3O5/c1-15-6-5-11-25(13-15)19-10-9-18(12-20(19)26(29)30)23(28)31-14-21(27)24-22-16(2)7-4-8-17(22)3/h4,7-10,12,15H,5-6,11,13-14H2,1-3H3,(H,24,27). The predicted octanol–water partition coefficient (Wildman–Crippen LogP) is 4.24. The summed E-state index contributed by atoms with van der Waals surface area (Å²) in [6.07, 6.45) is 2.07. The molecule has 31 heavy (non-hydrogen) atoms. The van der Waals surface area contributed by atoms with E-state index in [9.17, 15) is 19.7 Å². The van der Waals surface area contributed by atoms with Gasteiger partial charge in [-0.3, -0.25) is 14.9 Å². The molecule has 0 aliphatic carbocycles. The van der Waals surface area contributed by atoms with E-state index in [-0.39, 0.29) is 11.3 Å². The van der Waals surface area contributed by atoms with Gasteiger partial charge in [0.1, 0.15) is 5.69 Å². The Kier molecular flexibility index (Phi) is 6.89. The van der Waals surface area contributed by atoms with Crippen molar-refractivity contribution in [2.45, 2.75) is 33.6 Å². The van der Waals surface area contributed by atoms with Crippen molar-refractivity contribution in [3.05, 3.63) is 63.2 Å². The van der Waals surface area contributed by atoms with Gasteiger partial charge in [-0.2, -0.15) is 0 Å². The van der Waals surface area contributed by atoms with Gasteiger partial charge < -0.3 is 15.0 Å². The zero-order chi connectivity index (χ0) is 22.5. The summed E-state index contributed by atoms with van der Waals surface area (Å²) in [4.78, 5) is 37.7. The molecule has 1 N–H and O–H groups in total. The van der Waals surface area contributed by atoms with Crippen molar-refractivity contribution in [1.82, 2.24) is 0 Å². The van der Waals surface area contributed by atoms with Gasteiger partial charge in [0, 0.05) is 24.8 Å². The minimum Gasteiger partial charge on any atom is -0.452 e. The molecule has 1 amide bonds. The van der Waals surface area contributed by atoms with Gasteiger partial charge in [-0.25, -0.2) is 4.79 Å². The van der Waals surface area contributed by atoms with Crippen LogP contribution in [0, 0.1) is 29.9 Å². The Balaban J connectivity index is 1.68. The summed E-state index contributed by atoms with van der Waals surface area (Å²) < 4.78 is 5.09. The van der Waals surface area contributed by atoms with Crippen molar-refractivity contribution in [1.29, 1.82) is 0 Å². The fourth-order valence-corrected chi connectivity index (χ4v) is 3.87. The van der Waals surface area contributed by atoms with Crippen LogP contribution in [0.3, 0.4) is 0 Å². The van der Waals surface area contributed by atoms with Gasteiger partial charge in [0.2, 0.25) is 0 Å². The van der Waals surface area contributed by atoms with E-state index in [1.807, 2.05) is 36.9 Å². The topological polar surface area (TPSA) is 102 Å². The highest BCUT2D eigenvalue weighted by Gasteiger charge is 2.25. The highest BCUT2D eigenvalue weighted by Crippen LogP contribution is 2.32. The van der Waals surface area contributed by atoms with Gasteiger partial charge in [-0.05, 0) is 55.9 Å². The molecule has 1 saturated heterocycles. The highest BCUT2D eigenvalue weighted by atomic mass is 16.6. The first kappa shape index (κ1) is 22.3. The summed E-state index contributed by atoms with van der Waals surface area (Å²) >= 11 is 0. The van der Waals surface area contributed by atoms with Crippen LogP contribution in [-0.4, -0.2) is 36.5 Å². The van der Waals surface area contributed by atoms with Crippen molar-refractivity contribution in [3.8, 4) is 0 Å². The highest BCUT2D eigenvalue weighted by molar-refractivity contribution is 5.97. The maximum atomic E-state index is 12.4. The molecule has 8 nitrogen and oxygen atoms in total. The first-order chi connectivity index (χ1) is 14.8. The third kappa shape index (κ3) is 5.39. The number of amides is 1. The monoisotopic (exact) mass is 425 g/mol. The van der Waals surface area contributed by atoms with Crippen LogP contribution >= 0.6 is 0 Å². The Hall–Kier alpha value is -3.42. The smallest absolute Gasteiger partial charge is 0.338 e. The maximum absolute atomic E-state index is 12.4. The van der Waals surface area contributed by atoms with E-state index in [0.717, 1.165) is 37.1 Å². The SMILES string of the molecule is Cc1cccc(C)c1NC(=O)COC(=O)c1ccc(N2CCCC(C)C2)c([N+](=O)[O-])c1. The van der Waals surface area contributed by atoms with Crippen molar-refractivity contribution in [3.63, 3.8) is 0 Å². The summed E-state index contributed by atoms with van der Waals surface area (Å²) in [5.74, 6) is -0.800. The normalized spacial score (nSPS) is 16.0. The number of rotatable bonds is 6. The molecule has 8 heteroatoms. The lowest BCUT2D eigenvalue weighted by Crippen LogP contribution is -2.34. The van der Waals surface area contributed by atoms with Crippen molar-refractivity contribution < 1.29 is 19.2 Å². The van der Waals surface area contributed by atoms with Crippen LogP contribution in [0.15, 0.2) is 36.4 Å². The number of para-hydroxylation sites is 1. The summed E-state index contributed by atoms with van der Waals surface area (Å²) in [5.41, 5.74) is 2.89. The largest absolute Gasteiger partial charge is 0.452 e. The van der Waals surface area contributed by atoms with Crippen LogP contribution in [-0.2, 0) is 9.53 Å². The summed E-state index contributed by atoms with van der Waals surface area (Å²) in [6.45, 7) is 6.87. The van der Waals surface area contributed by atoms with Crippen LogP contribution in [0.2, 0.25) is 0 Å².